The van der Waals surface area contributed by atoms with Gasteiger partial charge in [0.1, 0.15) is 0 Å². The minimum Gasteiger partial charge on any atom is -0.476 e. The van der Waals surface area contributed by atoms with E-state index in [9.17, 15) is 9.59 Å². The molecule has 1 heterocycles. The number of hydrogen-bond donors (Lipinski definition) is 2. The van der Waals surface area contributed by atoms with Crippen molar-refractivity contribution < 1.29 is 19.4 Å². The fourth-order valence-electron chi connectivity index (χ4n) is 1.58. The van der Waals surface area contributed by atoms with Crippen LogP contribution in [0.4, 0.5) is 5.69 Å². The van der Waals surface area contributed by atoms with Crippen molar-refractivity contribution in [1.82, 2.24) is 4.98 Å². The highest BCUT2D eigenvalue weighted by Crippen LogP contribution is 2.18. The minimum atomic E-state index is -1.15. The van der Waals surface area contributed by atoms with Crippen LogP contribution in [-0.4, -0.2) is 29.1 Å². The number of nitrogens with one attached hydrogen (secondary N) is 1. The smallest absolute Gasteiger partial charge is 0.355 e. The van der Waals surface area contributed by atoms with Crippen molar-refractivity contribution in [2.24, 2.45) is 0 Å². The van der Waals surface area contributed by atoms with E-state index >= 15 is 0 Å². The van der Waals surface area contributed by atoms with E-state index in [0.717, 1.165) is 16.9 Å². The number of amides is 1. The van der Waals surface area contributed by atoms with E-state index in [0.29, 0.717) is 12.3 Å². The summed E-state index contributed by atoms with van der Waals surface area (Å²) in [6.07, 6.45) is 0. The third-order valence-electron chi connectivity index (χ3n) is 2.48. The van der Waals surface area contributed by atoms with Gasteiger partial charge in [-0.1, -0.05) is 18.2 Å². The van der Waals surface area contributed by atoms with Crippen molar-refractivity contribution >= 4 is 28.9 Å². The highest BCUT2D eigenvalue weighted by Gasteiger charge is 2.15. The summed E-state index contributed by atoms with van der Waals surface area (Å²) >= 11 is 0.989. The number of carbonyl (C=O) groups is 2. The maximum atomic E-state index is 12.0. The molecular formula is C13H12N2O4S. The quantitative estimate of drug-likeness (QED) is 0.882. The number of aromatic nitrogens is 1. The summed E-state index contributed by atoms with van der Waals surface area (Å²) < 4.78 is 5.05. The van der Waals surface area contributed by atoms with Crippen molar-refractivity contribution in [2.45, 2.75) is 6.61 Å². The van der Waals surface area contributed by atoms with Crippen LogP contribution in [0.1, 0.15) is 25.9 Å². The Bertz CT molecular complexity index is 639. The van der Waals surface area contributed by atoms with Gasteiger partial charge in [-0.25, -0.2) is 9.78 Å². The largest absolute Gasteiger partial charge is 0.476 e. The molecule has 2 rings (SSSR count). The first-order chi connectivity index (χ1) is 9.61. The number of benzene rings is 1. The van der Waals surface area contributed by atoms with E-state index in [1.54, 1.807) is 19.2 Å². The van der Waals surface area contributed by atoms with Crippen LogP contribution in [0, 0.1) is 0 Å². The number of rotatable bonds is 5. The summed E-state index contributed by atoms with van der Waals surface area (Å²) in [4.78, 5) is 26.5. The van der Waals surface area contributed by atoms with Gasteiger partial charge in [0.15, 0.2) is 10.7 Å². The first-order valence-electron chi connectivity index (χ1n) is 5.69. The number of hydrogen-bond acceptors (Lipinski definition) is 5. The molecule has 0 aliphatic heterocycles. The summed E-state index contributed by atoms with van der Waals surface area (Å²) in [6, 6.07) is 7.22. The Balaban J connectivity index is 2.16. The van der Waals surface area contributed by atoms with Gasteiger partial charge in [0.05, 0.1) is 6.61 Å². The first kappa shape index (κ1) is 14.2. The van der Waals surface area contributed by atoms with Gasteiger partial charge < -0.3 is 15.2 Å². The third-order valence-corrected chi connectivity index (χ3v) is 3.32. The number of para-hydroxylation sites is 1. The molecule has 0 atom stereocenters. The number of carboxylic acids is 1. The van der Waals surface area contributed by atoms with Gasteiger partial charge in [-0.2, -0.15) is 0 Å². The molecule has 0 spiro atoms. The molecule has 1 aromatic heterocycles. The van der Waals surface area contributed by atoms with Crippen LogP contribution in [0.2, 0.25) is 0 Å². The molecule has 7 heteroatoms. The standard InChI is InChI=1S/C13H12N2O4S/c1-19-6-8-4-2-3-5-9(8)14-11(16)12-15-10(7-20-12)13(17)18/h2-5,7H,6H2,1H3,(H,14,16)(H,17,18). The SMILES string of the molecule is COCc1ccccc1NC(=O)c1nc(C(=O)O)cs1. The summed E-state index contributed by atoms with van der Waals surface area (Å²) in [7, 11) is 1.57. The molecule has 2 aromatic rings. The van der Waals surface area contributed by atoms with E-state index in [2.05, 4.69) is 10.3 Å². The average Bonchev–Trinajstić information content (AvgIpc) is 2.91. The third kappa shape index (κ3) is 3.19. The minimum absolute atomic E-state index is 0.106. The number of ether oxygens (including phenoxy) is 1. The molecule has 0 aliphatic carbocycles. The van der Waals surface area contributed by atoms with Gasteiger partial charge in [0.25, 0.3) is 5.91 Å². The first-order valence-corrected chi connectivity index (χ1v) is 6.57. The summed E-state index contributed by atoms with van der Waals surface area (Å²) in [6.45, 7) is 0.370. The van der Waals surface area contributed by atoms with Crippen LogP contribution < -0.4 is 5.32 Å². The highest BCUT2D eigenvalue weighted by atomic mass is 32.1. The zero-order valence-corrected chi connectivity index (χ0v) is 11.4. The molecule has 6 nitrogen and oxygen atoms in total. The summed E-state index contributed by atoms with van der Waals surface area (Å²) in [5.41, 5.74) is 1.31. The lowest BCUT2D eigenvalue weighted by Crippen LogP contribution is -2.13. The van der Waals surface area contributed by atoms with Crippen molar-refractivity contribution in [3.63, 3.8) is 0 Å². The number of anilines is 1. The predicted octanol–water partition coefficient (Wildman–Crippen LogP) is 2.24. The molecule has 20 heavy (non-hydrogen) atoms. The fourth-order valence-corrected chi connectivity index (χ4v) is 2.26. The molecule has 2 N–H and O–H groups in total. The Hall–Kier alpha value is -2.25. The summed E-state index contributed by atoms with van der Waals surface area (Å²) in [5.74, 6) is -1.59. The van der Waals surface area contributed by atoms with E-state index in [-0.39, 0.29) is 10.7 Å². The van der Waals surface area contributed by atoms with Crippen molar-refractivity contribution in [1.29, 1.82) is 0 Å². The van der Waals surface area contributed by atoms with E-state index in [4.69, 9.17) is 9.84 Å². The predicted molar refractivity (Wildman–Crippen MR) is 74.2 cm³/mol. The molecule has 0 radical (unpaired) electrons. The topological polar surface area (TPSA) is 88.5 Å². The second-order valence-electron chi connectivity index (χ2n) is 3.89. The van der Waals surface area contributed by atoms with Crippen molar-refractivity contribution in [3.05, 3.63) is 45.9 Å². The normalized spacial score (nSPS) is 10.2. The van der Waals surface area contributed by atoms with Crippen LogP contribution in [-0.2, 0) is 11.3 Å². The number of nitrogens with zero attached hydrogens (tertiary/aromatic N) is 1. The lowest BCUT2D eigenvalue weighted by Gasteiger charge is -2.09. The Morgan fingerprint density at radius 1 is 1.40 bits per heavy atom. The Kier molecular flexibility index (Phi) is 4.44. The zero-order valence-electron chi connectivity index (χ0n) is 10.6. The van der Waals surface area contributed by atoms with Crippen LogP contribution in [0.15, 0.2) is 29.6 Å². The van der Waals surface area contributed by atoms with Crippen molar-refractivity contribution in [2.75, 3.05) is 12.4 Å². The number of aromatic carboxylic acids is 1. The van der Waals surface area contributed by atoms with Gasteiger partial charge in [-0.15, -0.1) is 11.3 Å². The maximum absolute atomic E-state index is 12.0. The second-order valence-corrected chi connectivity index (χ2v) is 4.75. The highest BCUT2D eigenvalue weighted by molar-refractivity contribution is 7.12. The monoisotopic (exact) mass is 292 g/mol. The van der Waals surface area contributed by atoms with E-state index in [1.807, 2.05) is 12.1 Å². The van der Waals surface area contributed by atoms with Crippen LogP contribution >= 0.6 is 11.3 Å². The number of methoxy groups -OCH3 is 1. The number of carbonyl (C=O) groups excluding carboxylic acids is 1. The molecule has 104 valence electrons. The maximum Gasteiger partial charge on any atom is 0.355 e. The Morgan fingerprint density at radius 3 is 2.80 bits per heavy atom. The van der Waals surface area contributed by atoms with Crippen LogP contribution in [0.5, 0.6) is 0 Å². The Morgan fingerprint density at radius 2 is 2.15 bits per heavy atom. The van der Waals surface area contributed by atoms with Crippen LogP contribution in [0.25, 0.3) is 0 Å². The van der Waals surface area contributed by atoms with E-state index < -0.39 is 11.9 Å². The van der Waals surface area contributed by atoms with Gasteiger partial charge in [-0.3, -0.25) is 4.79 Å². The molecule has 1 amide bonds. The van der Waals surface area contributed by atoms with Gasteiger partial charge in [0, 0.05) is 23.7 Å². The van der Waals surface area contributed by atoms with Gasteiger partial charge in [-0.05, 0) is 6.07 Å². The molecule has 0 unspecified atom stereocenters. The molecular weight excluding hydrogens is 280 g/mol. The van der Waals surface area contributed by atoms with Crippen molar-refractivity contribution in [3.8, 4) is 0 Å². The molecule has 0 aliphatic rings. The van der Waals surface area contributed by atoms with Crippen LogP contribution in [0.3, 0.4) is 0 Å². The fraction of sp³-hybridized carbons (Fsp3) is 0.154. The number of carboxylic acid groups (broad SMARTS) is 1. The average molecular weight is 292 g/mol. The molecule has 1 aromatic carbocycles. The molecule has 0 fully saturated rings. The molecule has 0 bridgehead atoms. The second kappa shape index (κ2) is 6.27. The Labute approximate surface area is 119 Å². The van der Waals surface area contributed by atoms with Gasteiger partial charge in [0.2, 0.25) is 0 Å². The van der Waals surface area contributed by atoms with Gasteiger partial charge >= 0.3 is 5.97 Å². The molecule has 0 saturated carbocycles. The zero-order chi connectivity index (χ0) is 14.5. The summed E-state index contributed by atoms with van der Waals surface area (Å²) in [5, 5.41) is 12.9. The number of thiazole rings is 1. The lowest BCUT2D eigenvalue weighted by molar-refractivity contribution is 0.0691. The van der Waals surface area contributed by atoms with E-state index in [1.165, 1.54) is 5.38 Å². The molecule has 0 saturated heterocycles. The lowest BCUT2D eigenvalue weighted by atomic mass is 10.2.